The highest BCUT2D eigenvalue weighted by Gasteiger charge is 2.55. The maximum absolute atomic E-state index is 13.2. The Labute approximate surface area is 162 Å². The van der Waals surface area contributed by atoms with Crippen LogP contribution in [0.3, 0.4) is 0 Å². The molecule has 148 valence electrons. The number of ether oxygens (including phenoxy) is 1. The summed E-state index contributed by atoms with van der Waals surface area (Å²) in [4.78, 5) is 37.8. The molecule has 4 aliphatic rings. The highest BCUT2D eigenvalue weighted by molar-refractivity contribution is 5.91. The van der Waals surface area contributed by atoms with Crippen molar-refractivity contribution in [2.75, 3.05) is 0 Å². The number of fused-ring (bicyclic) bond motifs is 1. The summed E-state index contributed by atoms with van der Waals surface area (Å²) in [6.07, 6.45) is 5.85. The van der Waals surface area contributed by atoms with Crippen molar-refractivity contribution in [3.63, 3.8) is 0 Å². The van der Waals surface area contributed by atoms with Crippen molar-refractivity contribution in [3.8, 4) is 0 Å². The van der Waals surface area contributed by atoms with Crippen LogP contribution < -0.4 is 5.76 Å². The number of Topliss-reactive ketones (excluding diaryl/α,β-unsaturated/α-hetero) is 1. The fourth-order valence-corrected chi connectivity index (χ4v) is 6.42. The molecule has 1 unspecified atom stereocenters. The van der Waals surface area contributed by atoms with Gasteiger partial charge in [0.2, 0.25) is 0 Å². The lowest BCUT2D eigenvalue weighted by molar-refractivity contribution is -0.165. The summed E-state index contributed by atoms with van der Waals surface area (Å²) in [5.41, 5.74) is 0.677. The van der Waals surface area contributed by atoms with Crippen molar-refractivity contribution in [3.05, 3.63) is 34.8 Å². The van der Waals surface area contributed by atoms with Gasteiger partial charge < -0.3 is 9.15 Å². The van der Waals surface area contributed by atoms with Gasteiger partial charge in [-0.3, -0.25) is 14.2 Å². The molecular weight excluding hydrogens is 358 g/mol. The molecule has 0 radical (unpaired) electrons. The lowest BCUT2D eigenvalue weighted by Crippen LogP contribution is -2.52. The summed E-state index contributed by atoms with van der Waals surface area (Å²) in [6.45, 7) is 1.42. The van der Waals surface area contributed by atoms with E-state index in [1.54, 1.807) is 31.2 Å². The summed E-state index contributed by atoms with van der Waals surface area (Å²) in [6, 6.07) is 6.94. The summed E-state index contributed by atoms with van der Waals surface area (Å²) >= 11 is 0. The zero-order valence-electron chi connectivity index (χ0n) is 16.1. The number of hydrogen-bond donors (Lipinski definition) is 0. The molecule has 0 saturated heterocycles. The monoisotopic (exact) mass is 383 g/mol. The van der Waals surface area contributed by atoms with Gasteiger partial charge in [-0.05, 0) is 75.3 Å². The average molecular weight is 383 g/mol. The Bertz CT molecular complexity index is 964. The molecule has 6 nitrogen and oxygen atoms in total. The van der Waals surface area contributed by atoms with Crippen molar-refractivity contribution in [2.24, 2.45) is 23.2 Å². The lowest BCUT2D eigenvalue weighted by Gasteiger charge is -2.56. The van der Waals surface area contributed by atoms with Gasteiger partial charge in [-0.25, -0.2) is 4.79 Å². The van der Waals surface area contributed by atoms with E-state index in [1.807, 2.05) is 0 Å². The highest BCUT2D eigenvalue weighted by Crippen LogP contribution is 2.60. The summed E-state index contributed by atoms with van der Waals surface area (Å²) in [5, 5.41) is 0. The molecular formula is C22H25NO5. The van der Waals surface area contributed by atoms with Gasteiger partial charge in [0.25, 0.3) is 0 Å². The van der Waals surface area contributed by atoms with E-state index >= 15 is 0 Å². The van der Waals surface area contributed by atoms with Crippen LogP contribution in [-0.2, 0) is 20.9 Å². The molecule has 6 rings (SSSR count). The summed E-state index contributed by atoms with van der Waals surface area (Å²) in [7, 11) is 0. The van der Waals surface area contributed by atoms with Crippen molar-refractivity contribution >= 4 is 22.9 Å². The number of rotatable bonds is 5. The number of carbonyl (C=O) groups is 2. The van der Waals surface area contributed by atoms with Gasteiger partial charge in [0, 0.05) is 5.41 Å². The molecule has 1 aromatic heterocycles. The number of hydrogen-bond acceptors (Lipinski definition) is 5. The Balaban J connectivity index is 1.29. The van der Waals surface area contributed by atoms with Crippen LogP contribution in [0.25, 0.3) is 11.1 Å². The molecule has 1 aromatic carbocycles. The van der Waals surface area contributed by atoms with Crippen LogP contribution in [0.5, 0.6) is 0 Å². The smallest absolute Gasteiger partial charge is 0.420 e. The van der Waals surface area contributed by atoms with Crippen molar-refractivity contribution in [1.29, 1.82) is 0 Å². The number of ketones is 1. The Morgan fingerprint density at radius 2 is 1.75 bits per heavy atom. The largest absolute Gasteiger partial charge is 0.453 e. The van der Waals surface area contributed by atoms with Crippen LogP contribution in [-0.4, -0.2) is 22.4 Å². The van der Waals surface area contributed by atoms with Crippen LogP contribution >= 0.6 is 0 Å². The molecule has 1 atom stereocenters. The van der Waals surface area contributed by atoms with E-state index in [1.165, 1.54) is 23.8 Å². The molecule has 0 amide bonds. The van der Waals surface area contributed by atoms with Gasteiger partial charge in [0.1, 0.15) is 6.54 Å². The third-order valence-electron chi connectivity index (χ3n) is 7.10. The molecule has 0 aliphatic heterocycles. The van der Waals surface area contributed by atoms with Gasteiger partial charge in [0.15, 0.2) is 17.5 Å². The number of carbonyl (C=O) groups excluding carboxylic acids is 2. The molecule has 4 bridgehead atoms. The molecule has 0 spiro atoms. The number of oxazole rings is 1. The number of aromatic nitrogens is 1. The van der Waals surface area contributed by atoms with Crippen LogP contribution in [0.2, 0.25) is 0 Å². The normalized spacial score (nSPS) is 31.8. The van der Waals surface area contributed by atoms with E-state index in [0.717, 1.165) is 19.3 Å². The minimum absolute atomic E-state index is 0.0735. The van der Waals surface area contributed by atoms with Gasteiger partial charge >= 0.3 is 11.7 Å². The molecule has 6 heteroatoms. The molecule has 0 N–H and O–H groups in total. The molecule has 4 aliphatic carbocycles. The average Bonchev–Trinajstić information content (AvgIpc) is 2.95. The maximum Gasteiger partial charge on any atom is 0.420 e. The van der Waals surface area contributed by atoms with E-state index in [0.29, 0.717) is 28.9 Å². The third kappa shape index (κ3) is 2.81. The topological polar surface area (TPSA) is 78.5 Å². The number of benzene rings is 1. The van der Waals surface area contributed by atoms with Gasteiger partial charge in [-0.2, -0.15) is 0 Å². The van der Waals surface area contributed by atoms with Gasteiger partial charge in [-0.1, -0.05) is 12.1 Å². The summed E-state index contributed by atoms with van der Waals surface area (Å²) < 4.78 is 11.9. The fraction of sp³-hybridized carbons (Fsp3) is 0.591. The summed E-state index contributed by atoms with van der Waals surface area (Å²) in [5.74, 6) is 0.874. The quantitative estimate of drug-likeness (QED) is 0.740. The Morgan fingerprint density at radius 3 is 2.39 bits per heavy atom. The van der Waals surface area contributed by atoms with E-state index in [-0.39, 0.29) is 17.7 Å². The fourth-order valence-electron chi connectivity index (χ4n) is 6.42. The second-order valence-corrected chi connectivity index (χ2v) is 9.12. The van der Waals surface area contributed by atoms with Crippen LogP contribution in [0, 0.1) is 23.2 Å². The molecule has 1 heterocycles. The van der Waals surface area contributed by atoms with Crippen LogP contribution in [0.1, 0.15) is 45.4 Å². The Morgan fingerprint density at radius 1 is 1.14 bits per heavy atom. The Kier molecular flexibility index (Phi) is 4.00. The third-order valence-corrected chi connectivity index (χ3v) is 7.10. The van der Waals surface area contributed by atoms with E-state index in [9.17, 15) is 14.4 Å². The van der Waals surface area contributed by atoms with Crippen LogP contribution in [0.15, 0.2) is 33.5 Å². The van der Waals surface area contributed by atoms with Crippen molar-refractivity contribution in [2.45, 2.75) is 58.1 Å². The van der Waals surface area contributed by atoms with E-state index in [4.69, 9.17) is 9.15 Å². The van der Waals surface area contributed by atoms with Crippen LogP contribution in [0.4, 0.5) is 0 Å². The second-order valence-electron chi connectivity index (χ2n) is 9.12. The Hall–Kier alpha value is -2.37. The zero-order valence-corrected chi connectivity index (χ0v) is 16.1. The van der Waals surface area contributed by atoms with Gasteiger partial charge in [-0.15, -0.1) is 0 Å². The van der Waals surface area contributed by atoms with Crippen molar-refractivity contribution in [1.82, 2.24) is 4.57 Å². The van der Waals surface area contributed by atoms with Gasteiger partial charge in [0.05, 0.1) is 5.52 Å². The first kappa shape index (κ1) is 17.7. The minimum atomic E-state index is -0.780. The second kappa shape index (κ2) is 6.33. The first-order chi connectivity index (χ1) is 13.4. The molecule has 2 aromatic rings. The molecule has 4 saturated carbocycles. The predicted octanol–water partition coefficient (Wildman–Crippen LogP) is 3.31. The van der Waals surface area contributed by atoms with Crippen molar-refractivity contribution < 1.29 is 18.7 Å². The molecule has 4 fully saturated rings. The number of nitrogens with zero attached hydrogens (tertiary/aromatic N) is 1. The first-order valence-corrected chi connectivity index (χ1v) is 10.3. The SMILES string of the molecule is CC(OC(=O)Cn1c(=O)oc2ccccc21)C(=O)C12CC3CC(CC(C3)C1)C2. The van der Waals surface area contributed by atoms with E-state index in [2.05, 4.69) is 0 Å². The predicted molar refractivity (Wildman–Crippen MR) is 102 cm³/mol. The number of para-hydroxylation sites is 2. The highest BCUT2D eigenvalue weighted by atomic mass is 16.5. The minimum Gasteiger partial charge on any atom is -0.453 e. The first-order valence-electron chi connectivity index (χ1n) is 10.3. The maximum atomic E-state index is 13.2. The zero-order chi connectivity index (χ0) is 19.5. The lowest BCUT2D eigenvalue weighted by atomic mass is 9.48. The van der Waals surface area contributed by atoms with E-state index < -0.39 is 17.8 Å². The number of esters is 1. The standard InChI is InChI=1S/C22H25NO5/c1-13(20(25)22-9-14-6-15(10-22)8-16(7-14)11-22)27-19(24)12-23-17-4-2-3-5-18(17)28-21(23)26/h2-5,13-16H,6-12H2,1H3. The molecule has 28 heavy (non-hydrogen) atoms.